The lowest BCUT2D eigenvalue weighted by atomic mass is 10.0. The zero-order valence-corrected chi connectivity index (χ0v) is 23.5. The van der Waals surface area contributed by atoms with Crippen molar-refractivity contribution in [3.8, 4) is 17.7 Å². The Hall–Kier alpha value is -3.71. The average molecular weight is 548 g/mol. The first-order chi connectivity index (χ1) is 18.7. The van der Waals surface area contributed by atoms with Gasteiger partial charge in [-0.2, -0.15) is 10.2 Å². The van der Waals surface area contributed by atoms with Crippen LogP contribution in [0.4, 0.5) is 10.6 Å². The predicted molar refractivity (Wildman–Crippen MR) is 150 cm³/mol. The highest BCUT2D eigenvalue weighted by Gasteiger charge is 2.45. The molecule has 2 fully saturated rings. The highest BCUT2D eigenvalue weighted by molar-refractivity contribution is 7.98. The number of hydrogen-bond acceptors (Lipinski definition) is 9. The zero-order valence-electron chi connectivity index (χ0n) is 22.7. The maximum absolute atomic E-state index is 12.9. The fraction of sp³-hybridized carbons (Fsp3) is 0.448. The fourth-order valence-corrected chi connectivity index (χ4v) is 5.81. The van der Waals surface area contributed by atoms with Crippen LogP contribution in [0.15, 0.2) is 41.6 Å². The summed E-state index contributed by atoms with van der Waals surface area (Å²) in [5, 5.41) is 22.8. The SMILES string of the molecule is CSc1nc(OCCc2cc(O)cc3ccccc23)c(C#N)c(N2C[C@H]3CC[C@@H](C2)N3C(=O)OC(C)(C)C)n1. The largest absolute Gasteiger partial charge is 0.508 e. The smallest absolute Gasteiger partial charge is 0.410 e. The minimum atomic E-state index is -0.557. The van der Waals surface area contributed by atoms with E-state index in [0.29, 0.717) is 36.0 Å². The number of benzene rings is 2. The molecule has 9 nitrogen and oxygen atoms in total. The van der Waals surface area contributed by atoms with E-state index in [-0.39, 0.29) is 36.4 Å². The van der Waals surface area contributed by atoms with Gasteiger partial charge in [-0.05, 0) is 68.3 Å². The summed E-state index contributed by atoms with van der Waals surface area (Å²) < 4.78 is 11.8. The van der Waals surface area contributed by atoms with Gasteiger partial charge in [0.15, 0.2) is 16.5 Å². The number of aromatic hydroxyl groups is 1. The van der Waals surface area contributed by atoms with Crippen LogP contribution in [0.5, 0.6) is 11.6 Å². The highest BCUT2D eigenvalue weighted by atomic mass is 32.2. The molecule has 1 amide bonds. The van der Waals surface area contributed by atoms with Crippen molar-refractivity contribution >= 4 is 34.4 Å². The number of fused-ring (bicyclic) bond motifs is 3. The van der Waals surface area contributed by atoms with Crippen LogP contribution in [0.3, 0.4) is 0 Å². The molecule has 2 atom stereocenters. The van der Waals surface area contributed by atoms with Crippen molar-refractivity contribution in [3.63, 3.8) is 0 Å². The molecule has 2 aliphatic heterocycles. The van der Waals surface area contributed by atoms with Gasteiger partial charge in [0.25, 0.3) is 0 Å². The van der Waals surface area contributed by atoms with Crippen molar-refractivity contribution in [2.45, 2.75) is 62.9 Å². The highest BCUT2D eigenvalue weighted by Crippen LogP contribution is 2.36. The minimum Gasteiger partial charge on any atom is -0.508 e. The second-order valence-corrected chi connectivity index (χ2v) is 11.7. The van der Waals surface area contributed by atoms with Gasteiger partial charge in [0.05, 0.1) is 18.7 Å². The molecule has 0 aliphatic carbocycles. The number of aromatic nitrogens is 2. The number of phenols is 1. The van der Waals surface area contributed by atoms with Gasteiger partial charge in [0.2, 0.25) is 5.88 Å². The Bertz CT molecular complexity index is 1420. The number of hydrogen-bond donors (Lipinski definition) is 1. The summed E-state index contributed by atoms with van der Waals surface area (Å²) >= 11 is 1.39. The Morgan fingerprint density at radius 1 is 1.18 bits per heavy atom. The predicted octanol–water partition coefficient (Wildman–Crippen LogP) is 5.14. The van der Waals surface area contributed by atoms with E-state index in [1.54, 1.807) is 12.1 Å². The number of amides is 1. The van der Waals surface area contributed by atoms with Gasteiger partial charge in [-0.15, -0.1) is 0 Å². The van der Waals surface area contributed by atoms with Gasteiger partial charge in [0.1, 0.15) is 17.4 Å². The lowest BCUT2D eigenvalue weighted by Crippen LogP contribution is -2.57. The molecular weight excluding hydrogens is 514 g/mol. The Morgan fingerprint density at radius 3 is 2.56 bits per heavy atom. The molecule has 1 N–H and O–H groups in total. The van der Waals surface area contributed by atoms with Crippen molar-refractivity contribution in [1.82, 2.24) is 14.9 Å². The molecule has 204 valence electrons. The monoisotopic (exact) mass is 547 g/mol. The quantitative estimate of drug-likeness (QED) is 0.331. The summed E-state index contributed by atoms with van der Waals surface area (Å²) in [6.07, 6.45) is 3.89. The summed E-state index contributed by atoms with van der Waals surface area (Å²) in [4.78, 5) is 26.1. The number of piperazine rings is 1. The first-order valence-corrected chi connectivity index (χ1v) is 14.3. The third kappa shape index (κ3) is 5.69. The van der Waals surface area contributed by atoms with Gasteiger partial charge in [-0.3, -0.25) is 4.90 Å². The Labute approximate surface area is 232 Å². The van der Waals surface area contributed by atoms with E-state index in [1.807, 2.05) is 56.2 Å². The average Bonchev–Trinajstić information content (AvgIpc) is 3.16. The first-order valence-electron chi connectivity index (χ1n) is 13.1. The second kappa shape index (κ2) is 10.8. The fourth-order valence-electron chi connectivity index (χ4n) is 5.46. The topological polar surface area (TPSA) is 112 Å². The standard InChI is InChI=1S/C29H33N5O4S/c1-29(2,3)38-28(36)34-20-9-10-21(34)17-33(16-20)25-24(15-30)26(32-27(31-25)39-4)37-12-11-19-14-22(35)13-18-7-5-6-8-23(18)19/h5-8,13-14,20-21,35H,9-12,16-17H2,1-4H3/t20-,21+. The van der Waals surface area contributed by atoms with Crippen LogP contribution in [0.25, 0.3) is 10.8 Å². The number of carbonyl (C=O) groups excluding carboxylic acids is 1. The minimum absolute atomic E-state index is 0.0127. The zero-order chi connectivity index (χ0) is 27.7. The molecule has 3 aromatic rings. The Kier molecular flexibility index (Phi) is 7.45. The molecule has 0 spiro atoms. The van der Waals surface area contributed by atoms with Crippen LogP contribution < -0.4 is 9.64 Å². The number of anilines is 1. The summed E-state index contributed by atoms with van der Waals surface area (Å²) in [6.45, 7) is 7.02. The third-order valence-electron chi connectivity index (χ3n) is 7.06. The summed E-state index contributed by atoms with van der Waals surface area (Å²) in [6, 6.07) is 13.6. The van der Waals surface area contributed by atoms with Gasteiger partial charge in [-0.1, -0.05) is 36.0 Å². The van der Waals surface area contributed by atoms with Gasteiger partial charge in [0, 0.05) is 19.5 Å². The van der Waals surface area contributed by atoms with Crippen LogP contribution in [0.1, 0.15) is 44.7 Å². The maximum Gasteiger partial charge on any atom is 0.410 e. The van der Waals surface area contributed by atoms with Gasteiger partial charge in [-0.25, -0.2) is 9.78 Å². The summed E-state index contributed by atoms with van der Waals surface area (Å²) in [5.74, 6) is 0.990. The molecule has 2 aromatic carbocycles. The molecule has 39 heavy (non-hydrogen) atoms. The van der Waals surface area contributed by atoms with Crippen molar-refractivity contribution in [3.05, 3.63) is 47.5 Å². The van der Waals surface area contributed by atoms with Crippen molar-refractivity contribution in [2.24, 2.45) is 0 Å². The molecule has 5 rings (SSSR count). The van der Waals surface area contributed by atoms with Crippen LogP contribution in [-0.2, 0) is 11.2 Å². The number of phenolic OH excluding ortho intramolecular Hbond substituents is 1. The molecule has 2 aliphatic rings. The normalized spacial score (nSPS) is 18.7. The number of nitrogens with zero attached hydrogens (tertiary/aromatic N) is 5. The van der Waals surface area contributed by atoms with E-state index in [0.717, 1.165) is 29.2 Å². The van der Waals surface area contributed by atoms with E-state index in [4.69, 9.17) is 14.5 Å². The Morgan fingerprint density at radius 2 is 1.90 bits per heavy atom. The van der Waals surface area contributed by atoms with Gasteiger partial charge >= 0.3 is 6.09 Å². The van der Waals surface area contributed by atoms with Crippen molar-refractivity contribution in [2.75, 3.05) is 30.9 Å². The molecular formula is C29H33N5O4S. The molecule has 2 bridgehead atoms. The number of rotatable bonds is 6. The molecule has 0 saturated carbocycles. The molecule has 2 saturated heterocycles. The van der Waals surface area contributed by atoms with E-state index in [2.05, 4.69) is 16.0 Å². The van der Waals surface area contributed by atoms with E-state index >= 15 is 0 Å². The number of ether oxygens (including phenoxy) is 2. The lowest BCUT2D eigenvalue weighted by molar-refractivity contribution is 0.0122. The number of thioether (sulfide) groups is 1. The first kappa shape index (κ1) is 26.9. The summed E-state index contributed by atoms with van der Waals surface area (Å²) in [7, 11) is 0. The molecule has 3 heterocycles. The Balaban J connectivity index is 1.36. The van der Waals surface area contributed by atoms with Gasteiger partial charge < -0.3 is 19.5 Å². The molecule has 1 aromatic heterocycles. The molecule has 0 unspecified atom stereocenters. The van der Waals surface area contributed by atoms with Crippen molar-refractivity contribution < 1.29 is 19.4 Å². The van der Waals surface area contributed by atoms with Crippen LogP contribution >= 0.6 is 11.8 Å². The van der Waals surface area contributed by atoms with Crippen LogP contribution in [0, 0.1) is 11.3 Å². The molecule has 10 heteroatoms. The lowest BCUT2D eigenvalue weighted by Gasteiger charge is -2.42. The second-order valence-electron chi connectivity index (χ2n) is 10.9. The van der Waals surface area contributed by atoms with Crippen LogP contribution in [-0.4, -0.2) is 69.7 Å². The van der Waals surface area contributed by atoms with E-state index < -0.39 is 5.60 Å². The van der Waals surface area contributed by atoms with E-state index in [1.165, 1.54) is 11.8 Å². The molecule has 0 radical (unpaired) electrons. The number of carbonyl (C=O) groups is 1. The third-order valence-corrected chi connectivity index (χ3v) is 7.61. The maximum atomic E-state index is 12.9. The van der Waals surface area contributed by atoms with E-state index in [9.17, 15) is 15.2 Å². The van der Waals surface area contributed by atoms with Crippen molar-refractivity contribution in [1.29, 1.82) is 5.26 Å². The number of nitriles is 1. The van der Waals surface area contributed by atoms with Crippen LogP contribution in [0.2, 0.25) is 0 Å². The summed E-state index contributed by atoms with van der Waals surface area (Å²) in [5.41, 5.74) is 0.690.